The van der Waals surface area contributed by atoms with Crippen LogP contribution in [0.3, 0.4) is 0 Å². The van der Waals surface area contributed by atoms with Crippen molar-refractivity contribution < 1.29 is 13.6 Å². The molecule has 1 heterocycles. The van der Waals surface area contributed by atoms with Gasteiger partial charge in [0.1, 0.15) is 5.82 Å². The molecular formula is C16H12FN3O2S. The van der Waals surface area contributed by atoms with E-state index in [0.717, 1.165) is 23.0 Å². The molecule has 3 aromatic rings. The number of anilines is 1. The van der Waals surface area contributed by atoms with Gasteiger partial charge < -0.3 is 9.73 Å². The normalized spacial score (nSPS) is 10.5. The smallest absolute Gasteiger partial charge is 0.292 e. The van der Waals surface area contributed by atoms with E-state index >= 15 is 0 Å². The molecule has 5 nitrogen and oxygen atoms in total. The molecule has 0 radical (unpaired) electrons. The van der Waals surface area contributed by atoms with Gasteiger partial charge in [0.05, 0.1) is 0 Å². The summed E-state index contributed by atoms with van der Waals surface area (Å²) in [5.74, 6) is -0.114. The van der Waals surface area contributed by atoms with Crippen molar-refractivity contribution in [3.05, 3.63) is 59.9 Å². The number of thioether (sulfide) groups is 1. The largest absolute Gasteiger partial charge is 0.411 e. The molecule has 7 heteroatoms. The molecule has 23 heavy (non-hydrogen) atoms. The van der Waals surface area contributed by atoms with Crippen LogP contribution in [0.4, 0.5) is 14.9 Å². The maximum absolute atomic E-state index is 12.9. The van der Waals surface area contributed by atoms with Crippen molar-refractivity contribution in [1.82, 2.24) is 10.2 Å². The number of nitrogens with zero attached hydrogens (tertiary/aromatic N) is 2. The number of hydrogen-bond donors (Lipinski definition) is 1. The van der Waals surface area contributed by atoms with E-state index in [-0.39, 0.29) is 22.2 Å². The van der Waals surface area contributed by atoms with Crippen LogP contribution in [-0.4, -0.2) is 15.4 Å². The van der Waals surface area contributed by atoms with Crippen LogP contribution in [0.5, 0.6) is 0 Å². The average Bonchev–Trinajstić information content (AvgIpc) is 2.98. The van der Waals surface area contributed by atoms with Crippen molar-refractivity contribution in [2.45, 2.75) is 12.1 Å². The van der Waals surface area contributed by atoms with Gasteiger partial charge in [-0.2, -0.15) is 0 Å². The second-order valence-corrected chi connectivity index (χ2v) is 5.63. The lowest BCUT2D eigenvalue weighted by Crippen LogP contribution is -2.05. The molecule has 0 bridgehead atoms. The minimum atomic E-state index is -0.347. The maximum atomic E-state index is 12.9. The number of para-hydroxylation sites is 1. The summed E-state index contributed by atoms with van der Waals surface area (Å²) in [7, 11) is 0. The Balaban J connectivity index is 1.68. The van der Waals surface area contributed by atoms with Gasteiger partial charge in [0.2, 0.25) is 5.89 Å². The summed E-state index contributed by atoms with van der Waals surface area (Å²) in [6, 6.07) is 13.1. The number of benzene rings is 2. The topological polar surface area (TPSA) is 68.0 Å². The van der Waals surface area contributed by atoms with Gasteiger partial charge in [-0.25, -0.2) is 4.39 Å². The molecule has 0 aliphatic rings. The zero-order valence-electron chi connectivity index (χ0n) is 12.1. The third-order valence-corrected chi connectivity index (χ3v) is 3.69. The van der Waals surface area contributed by atoms with Crippen LogP contribution in [0.25, 0.3) is 11.5 Å². The molecule has 0 aliphatic carbocycles. The highest BCUT2D eigenvalue weighted by Crippen LogP contribution is 2.25. The zero-order chi connectivity index (χ0) is 16.2. The Bertz CT molecular complexity index is 833. The standard InChI is InChI=1S/C16H12FN3O2S/c1-10-4-2-3-5-13(10)18-15(21)23-16-20-19-14(22-16)11-6-8-12(17)9-7-11/h2-9H,1H3,(H,18,21). The Morgan fingerprint density at radius 1 is 1.13 bits per heavy atom. The van der Waals surface area contributed by atoms with E-state index < -0.39 is 0 Å². The Labute approximate surface area is 135 Å². The monoisotopic (exact) mass is 329 g/mol. The van der Waals surface area contributed by atoms with Crippen molar-refractivity contribution in [3.63, 3.8) is 0 Å². The predicted molar refractivity (Wildman–Crippen MR) is 85.7 cm³/mol. The molecule has 0 spiro atoms. The highest BCUT2D eigenvalue weighted by atomic mass is 32.2. The number of amides is 1. The highest BCUT2D eigenvalue weighted by molar-refractivity contribution is 8.13. The summed E-state index contributed by atoms with van der Waals surface area (Å²) in [6.45, 7) is 1.90. The van der Waals surface area contributed by atoms with Crippen molar-refractivity contribution in [2.24, 2.45) is 0 Å². The second kappa shape index (κ2) is 6.62. The molecular weight excluding hydrogens is 317 g/mol. The van der Waals surface area contributed by atoms with E-state index in [9.17, 15) is 9.18 Å². The minimum Gasteiger partial charge on any atom is -0.411 e. The van der Waals surface area contributed by atoms with Gasteiger partial charge in [-0.3, -0.25) is 4.79 Å². The van der Waals surface area contributed by atoms with E-state index in [2.05, 4.69) is 15.5 Å². The van der Waals surface area contributed by atoms with Gasteiger partial charge in [0.25, 0.3) is 10.5 Å². The van der Waals surface area contributed by atoms with Gasteiger partial charge in [0.15, 0.2) is 0 Å². The molecule has 2 aromatic carbocycles. The molecule has 3 rings (SSSR count). The molecule has 0 unspecified atom stereocenters. The first kappa shape index (κ1) is 15.2. The van der Waals surface area contributed by atoms with Crippen LogP contribution in [0.15, 0.2) is 58.2 Å². The maximum Gasteiger partial charge on any atom is 0.292 e. The number of nitrogens with one attached hydrogen (secondary N) is 1. The third kappa shape index (κ3) is 3.75. The average molecular weight is 329 g/mol. The number of carbonyl (C=O) groups is 1. The van der Waals surface area contributed by atoms with Crippen LogP contribution in [0, 0.1) is 12.7 Å². The fourth-order valence-corrected chi connectivity index (χ4v) is 2.41. The van der Waals surface area contributed by atoms with E-state index in [1.165, 1.54) is 24.3 Å². The third-order valence-electron chi connectivity index (χ3n) is 3.06. The summed E-state index contributed by atoms with van der Waals surface area (Å²) < 4.78 is 18.3. The van der Waals surface area contributed by atoms with Crippen LogP contribution in [0.1, 0.15) is 5.56 Å². The SMILES string of the molecule is Cc1ccccc1NC(=O)Sc1nnc(-c2ccc(F)cc2)o1. The van der Waals surface area contributed by atoms with Crippen molar-refractivity contribution in [3.8, 4) is 11.5 Å². The lowest BCUT2D eigenvalue weighted by Gasteiger charge is -2.05. The Kier molecular flexibility index (Phi) is 4.38. The number of rotatable bonds is 3. The fourth-order valence-electron chi connectivity index (χ4n) is 1.89. The van der Waals surface area contributed by atoms with E-state index in [1.807, 2.05) is 31.2 Å². The number of hydrogen-bond acceptors (Lipinski definition) is 5. The molecule has 0 saturated carbocycles. The lowest BCUT2D eigenvalue weighted by molar-refractivity contribution is 0.269. The summed E-state index contributed by atoms with van der Waals surface area (Å²) >= 11 is 0.801. The Morgan fingerprint density at radius 3 is 2.61 bits per heavy atom. The van der Waals surface area contributed by atoms with Gasteiger partial charge in [-0.05, 0) is 42.8 Å². The predicted octanol–water partition coefficient (Wildman–Crippen LogP) is 4.51. The molecule has 1 N–H and O–H groups in total. The molecule has 116 valence electrons. The van der Waals surface area contributed by atoms with Gasteiger partial charge in [-0.1, -0.05) is 18.2 Å². The van der Waals surface area contributed by atoms with Crippen LogP contribution in [0.2, 0.25) is 0 Å². The van der Waals surface area contributed by atoms with Crippen LogP contribution in [-0.2, 0) is 0 Å². The summed E-state index contributed by atoms with van der Waals surface area (Å²) in [6.07, 6.45) is 0. The first-order chi connectivity index (χ1) is 11.1. The van der Waals surface area contributed by atoms with E-state index in [4.69, 9.17) is 4.42 Å². The zero-order valence-corrected chi connectivity index (χ0v) is 12.9. The van der Waals surface area contributed by atoms with Crippen molar-refractivity contribution in [1.29, 1.82) is 0 Å². The fraction of sp³-hybridized carbons (Fsp3) is 0.0625. The molecule has 1 aromatic heterocycles. The summed E-state index contributed by atoms with van der Waals surface area (Å²) in [4.78, 5) is 12.0. The number of halogens is 1. The van der Waals surface area contributed by atoms with Gasteiger partial charge in [-0.15, -0.1) is 10.2 Å². The quantitative estimate of drug-likeness (QED) is 0.716. The minimum absolute atomic E-state index is 0.121. The van der Waals surface area contributed by atoms with Gasteiger partial charge in [0, 0.05) is 23.0 Å². The highest BCUT2D eigenvalue weighted by Gasteiger charge is 2.14. The summed E-state index contributed by atoms with van der Waals surface area (Å²) in [5, 5.41) is 10.2. The molecule has 0 atom stereocenters. The van der Waals surface area contributed by atoms with E-state index in [1.54, 1.807) is 0 Å². The number of aromatic nitrogens is 2. The second-order valence-electron chi connectivity index (χ2n) is 4.71. The molecule has 0 fully saturated rings. The van der Waals surface area contributed by atoms with Crippen LogP contribution < -0.4 is 5.32 Å². The number of aryl methyl sites for hydroxylation is 1. The molecule has 1 amide bonds. The lowest BCUT2D eigenvalue weighted by atomic mass is 10.2. The van der Waals surface area contributed by atoms with Crippen molar-refractivity contribution >= 4 is 22.7 Å². The van der Waals surface area contributed by atoms with Crippen molar-refractivity contribution in [2.75, 3.05) is 5.32 Å². The Hall–Kier alpha value is -2.67. The first-order valence-electron chi connectivity index (χ1n) is 6.76. The first-order valence-corrected chi connectivity index (χ1v) is 7.57. The molecule has 0 aliphatic heterocycles. The Morgan fingerprint density at radius 2 is 1.87 bits per heavy atom. The number of carbonyl (C=O) groups excluding carboxylic acids is 1. The van der Waals surface area contributed by atoms with Gasteiger partial charge >= 0.3 is 0 Å². The molecule has 0 saturated heterocycles. The van der Waals surface area contributed by atoms with E-state index in [0.29, 0.717) is 5.56 Å². The van der Waals surface area contributed by atoms with Crippen LogP contribution >= 0.6 is 11.8 Å². The summed E-state index contributed by atoms with van der Waals surface area (Å²) in [5.41, 5.74) is 2.27.